The smallest absolute Gasteiger partial charge is 0.412 e. The van der Waals surface area contributed by atoms with Crippen LogP contribution in [0.5, 0.6) is 5.75 Å². The van der Waals surface area contributed by atoms with Gasteiger partial charge in [-0.05, 0) is 59.5 Å². The van der Waals surface area contributed by atoms with E-state index in [9.17, 15) is 14.7 Å². The van der Waals surface area contributed by atoms with E-state index in [0.29, 0.717) is 35.0 Å². The number of aromatic hydroxyl groups is 1. The predicted molar refractivity (Wildman–Crippen MR) is 113 cm³/mol. The van der Waals surface area contributed by atoms with Gasteiger partial charge in [-0.25, -0.2) is 9.59 Å². The molecule has 0 saturated heterocycles. The first-order chi connectivity index (χ1) is 13.4. The van der Waals surface area contributed by atoms with Gasteiger partial charge in [-0.1, -0.05) is 40.2 Å². The summed E-state index contributed by atoms with van der Waals surface area (Å²) in [7, 11) is 0. The molecule has 2 aromatic carbocycles. The van der Waals surface area contributed by atoms with Crippen molar-refractivity contribution in [3.63, 3.8) is 0 Å². The number of hydrogen-bond acceptors (Lipinski definition) is 4. The maximum Gasteiger partial charge on any atom is 0.412 e. The van der Waals surface area contributed by atoms with E-state index in [1.165, 1.54) is 0 Å². The highest BCUT2D eigenvalue weighted by atomic mass is 79.9. The van der Waals surface area contributed by atoms with Gasteiger partial charge >= 0.3 is 12.1 Å². The molecule has 0 unspecified atom stereocenters. The molecule has 0 aliphatic rings. The van der Waals surface area contributed by atoms with Gasteiger partial charge in [0, 0.05) is 21.8 Å². The van der Waals surface area contributed by atoms with Crippen LogP contribution in [-0.2, 0) is 9.53 Å². The lowest BCUT2D eigenvalue weighted by atomic mass is 10.0. The Morgan fingerprint density at radius 1 is 1.18 bits per heavy atom. The number of halogens is 2. The summed E-state index contributed by atoms with van der Waals surface area (Å²) in [5, 5.41) is 21.7. The summed E-state index contributed by atoms with van der Waals surface area (Å²) in [6, 6.07) is 12.3. The molecular weight excluding hydrogens is 494 g/mol. The number of rotatable bonds is 8. The van der Waals surface area contributed by atoms with E-state index in [1.807, 2.05) is 6.07 Å². The second-order valence-corrected chi connectivity index (χ2v) is 7.65. The van der Waals surface area contributed by atoms with Crippen molar-refractivity contribution in [2.24, 2.45) is 0 Å². The quantitative estimate of drug-likeness (QED) is 0.297. The fourth-order valence-electron chi connectivity index (χ4n) is 2.51. The van der Waals surface area contributed by atoms with Gasteiger partial charge < -0.3 is 14.9 Å². The normalized spacial score (nSPS) is 11.9. The van der Waals surface area contributed by atoms with Gasteiger partial charge in [-0.15, -0.1) is 0 Å². The zero-order valence-corrected chi connectivity index (χ0v) is 17.9. The number of nitrogens with one attached hydrogen (secondary N) is 1. The second-order valence-electron chi connectivity index (χ2n) is 5.88. The Balaban J connectivity index is 2.14. The molecule has 0 aromatic heterocycles. The summed E-state index contributed by atoms with van der Waals surface area (Å²) < 4.78 is 6.76. The Kier molecular flexibility index (Phi) is 8.53. The molecule has 2 rings (SSSR count). The van der Waals surface area contributed by atoms with Gasteiger partial charge in [0.15, 0.2) is 0 Å². The Bertz CT molecular complexity index is 855. The Labute approximate surface area is 179 Å². The van der Waals surface area contributed by atoms with Crippen LogP contribution in [-0.4, -0.2) is 22.3 Å². The van der Waals surface area contributed by atoms with Crippen LogP contribution in [0.25, 0.3) is 0 Å². The van der Waals surface area contributed by atoms with Crippen molar-refractivity contribution in [2.75, 3.05) is 5.32 Å². The molecule has 0 radical (unpaired) electrons. The molecule has 0 saturated carbocycles. The number of carbonyl (C=O) groups is 2. The fraction of sp³-hybridized carbons (Fsp3) is 0.200. The summed E-state index contributed by atoms with van der Waals surface area (Å²) in [4.78, 5) is 22.9. The molecule has 6 nitrogen and oxygen atoms in total. The molecule has 1 atom stereocenters. The lowest BCUT2D eigenvalue weighted by molar-refractivity contribution is -0.131. The van der Waals surface area contributed by atoms with Crippen LogP contribution in [0.3, 0.4) is 0 Å². The average Bonchev–Trinajstić information content (AvgIpc) is 2.64. The summed E-state index contributed by atoms with van der Waals surface area (Å²) in [6.07, 6.45) is 2.73. The van der Waals surface area contributed by atoms with E-state index in [1.54, 1.807) is 42.5 Å². The van der Waals surface area contributed by atoms with E-state index in [2.05, 4.69) is 37.2 Å². The van der Waals surface area contributed by atoms with Crippen molar-refractivity contribution >= 4 is 49.6 Å². The molecular formula is C20H19Br2NO5. The number of hydrogen-bond donors (Lipinski definition) is 3. The lowest BCUT2D eigenvalue weighted by Crippen LogP contribution is -2.18. The number of phenolic OH excluding ortho intramolecular Hbond substituents is 1. The third kappa shape index (κ3) is 7.01. The van der Waals surface area contributed by atoms with Crippen molar-refractivity contribution in [3.05, 3.63) is 69.1 Å². The van der Waals surface area contributed by atoms with E-state index in [4.69, 9.17) is 9.84 Å². The Morgan fingerprint density at radius 2 is 1.89 bits per heavy atom. The number of carboxylic acids is 1. The number of ether oxygens (including phenoxy) is 1. The van der Waals surface area contributed by atoms with E-state index >= 15 is 0 Å². The maximum atomic E-state index is 12.3. The molecule has 1 amide bonds. The number of amides is 1. The molecule has 28 heavy (non-hydrogen) atoms. The maximum absolute atomic E-state index is 12.3. The summed E-state index contributed by atoms with van der Waals surface area (Å²) in [5.74, 6) is -1.02. The van der Waals surface area contributed by atoms with Gasteiger partial charge in [0.25, 0.3) is 0 Å². The third-order valence-corrected chi connectivity index (χ3v) is 4.83. The highest BCUT2D eigenvalue weighted by molar-refractivity contribution is 9.11. The van der Waals surface area contributed by atoms with Crippen molar-refractivity contribution in [3.8, 4) is 5.75 Å². The molecule has 148 valence electrons. The highest BCUT2D eigenvalue weighted by Gasteiger charge is 2.22. The first-order valence-corrected chi connectivity index (χ1v) is 10.1. The van der Waals surface area contributed by atoms with E-state index in [0.717, 1.165) is 10.5 Å². The number of allylic oxidation sites excluding steroid dienone is 1. The van der Waals surface area contributed by atoms with Crippen LogP contribution in [0.1, 0.15) is 30.9 Å². The topological polar surface area (TPSA) is 95.9 Å². The van der Waals surface area contributed by atoms with Crippen LogP contribution in [0.2, 0.25) is 0 Å². The van der Waals surface area contributed by atoms with Crippen LogP contribution in [0.4, 0.5) is 10.5 Å². The number of carboxylic acid groups (broad SMARTS) is 1. The Hall–Kier alpha value is -2.32. The standard InChI is InChI=1S/C20H19Br2NO5/c21-13-11-15(19(26)16(22)12-13)17(9-5-2-6-10-18(24)25)28-20(27)23-14-7-3-1-4-8-14/h1,3-4,6-8,10-12,17,26H,2,5,9H2,(H,23,27)(H,24,25)/b10-6+/t17-/m0/s1. The number of unbranched alkanes of at least 4 members (excludes halogenated alkanes) is 1. The summed E-state index contributed by atoms with van der Waals surface area (Å²) in [5.41, 5.74) is 1.04. The second kappa shape index (κ2) is 10.9. The number of phenols is 1. The first-order valence-electron chi connectivity index (χ1n) is 8.47. The number of para-hydroxylation sites is 1. The third-order valence-electron chi connectivity index (χ3n) is 3.77. The molecule has 2 aromatic rings. The van der Waals surface area contributed by atoms with Gasteiger partial charge in [0.1, 0.15) is 11.9 Å². The molecule has 3 N–H and O–H groups in total. The molecule has 0 heterocycles. The van der Waals surface area contributed by atoms with E-state index in [-0.39, 0.29) is 5.75 Å². The number of benzene rings is 2. The van der Waals surface area contributed by atoms with Crippen molar-refractivity contribution < 1.29 is 24.5 Å². The molecule has 0 spiro atoms. The largest absolute Gasteiger partial charge is 0.506 e. The van der Waals surface area contributed by atoms with Crippen LogP contribution >= 0.6 is 31.9 Å². The first kappa shape index (κ1) is 22.0. The molecule has 0 aliphatic carbocycles. The van der Waals surface area contributed by atoms with Gasteiger partial charge in [-0.3, -0.25) is 5.32 Å². The van der Waals surface area contributed by atoms with Crippen LogP contribution in [0.15, 0.2) is 63.6 Å². The minimum atomic E-state index is -1.01. The van der Waals surface area contributed by atoms with Crippen molar-refractivity contribution in [1.82, 2.24) is 0 Å². The van der Waals surface area contributed by atoms with Gasteiger partial charge in [-0.2, -0.15) is 0 Å². The van der Waals surface area contributed by atoms with Crippen molar-refractivity contribution in [1.29, 1.82) is 0 Å². The molecule has 0 aliphatic heterocycles. The SMILES string of the molecule is O=C(O)/C=C/CCC[C@H](OC(=O)Nc1ccccc1)c1cc(Br)cc(Br)c1O. The molecule has 0 bridgehead atoms. The summed E-state index contributed by atoms with van der Waals surface area (Å²) in [6.45, 7) is 0. The number of anilines is 1. The van der Waals surface area contributed by atoms with Gasteiger partial charge in [0.2, 0.25) is 0 Å². The lowest BCUT2D eigenvalue weighted by Gasteiger charge is -2.20. The zero-order valence-electron chi connectivity index (χ0n) is 14.8. The zero-order chi connectivity index (χ0) is 20.5. The molecule has 0 fully saturated rings. The number of aliphatic carboxylic acids is 1. The Morgan fingerprint density at radius 3 is 2.57 bits per heavy atom. The fourth-order valence-corrected chi connectivity index (χ4v) is 3.77. The van der Waals surface area contributed by atoms with Crippen LogP contribution < -0.4 is 5.32 Å². The molecule has 8 heteroatoms. The van der Waals surface area contributed by atoms with Crippen molar-refractivity contribution in [2.45, 2.75) is 25.4 Å². The highest BCUT2D eigenvalue weighted by Crippen LogP contribution is 2.38. The average molecular weight is 513 g/mol. The minimum absolute atomic E-state index is 0.0122. The van der Waals surface area contributed by atoms with Crippen LogP contribution in [0, 0.1) is 0 Å². The van der Waals surface area contributed by atoms with E-state index < -0.39 is 18.2 Å². The monoisotopic (exact) mass is 511 g/mol. The predicted octanol–water partition coefficient (Wildman–Crippen LogP) is 6.02. The summed E-state index contributed by atoms with van der Waals surface area (Å²) >= 11 is 6.65. The van der Waals surface area contributed by atoms with Gasteiger partial charge in [0.05, 0.1) is 4.47 Å². The number of carbonyl (C=O) groups excluding carboxylic acids is 1. The minimum Gasteiger partial charge on any atom is -0.506 e.